The average molecular weight is 256 g/mol. The standard InChI is InChI=1S/C12H20N2O4/c1-2-18-11(17)14-7-5-13(6-8-14)9-12(3-4-12)10(15)16/h2-9H2,1H3,(H,15,16). The van der Waals surface area contributed by atoms with Crippen LogP contribution in [0.3, 0.4) is 0 Å². The van der Waals surface area contributed by atoms with E-state index in [9.17, 15) is 9.59 Å². The molecule has 1 amide bonds. The monoisotopic (exact) mass is 256 g/mol. The van der Waals surface area contributed by atoms with Crippen molar-refractivity contribution in [2.75, 3.05) is 39.3 Å². The lowest BCUT2D eigenvalue weighted by Crippen LogP contribution is -2.50. The van der Waals surface area contributed by atoms with Crippen LogP contribution in [0.1, 0.15) is 19.8 Å². The van der Waals surface area contributed by atoms with Gasteiger partial charge in [-0.15, -0.1) is 0 Å². The van der Waals surface area contributed by atoms with E-state index in [0.717, 1.165) is 25.9 Å². The molecule has 0 spiro atoms. The van der Waals surface area contributed by atoms with Gasteiger partial charge < -0.3 is 14.7 Å². The summed E-state index contributed by atoms with van der Waals surface area (Å²) >= 11 is 0. The molecule has 0 aromatic carbocycles. The largest absolute Gasteiger partial charge is 0.481 e. The maximum absolute atomic E-state index is 11.5. The van der Waals surface area contributed by atoms with Crippen molar-refractivity contribution < 1.29 is 19.4 Å². The van der Waals surface area contributed by atoms with Crippen LogP contribution in [-0.4, -0.2) is 66.3 Å². The Morgan fingerprint density at radius 1 is 1.22 bits per heavy atom. The molecule has 2 aliphatic rings. The molecule has 102 valence electrons. The van der Waals surface area contributed by atoms with Crippen LogP contribution >= 0.6 is 0 Å². The molecule has 1 aliphatic heterocycles. The lowest BCUT2D eigenvalue weighted by Gasteiger charge is -2.35. The fourth-order valence-corrected chi connectivity index (χ4v) is 2.32. The van der Waals surface area contributed by atoms with E-state index in [4.69, 9.17) is 9.84 Å². The number of carboxylic acid groups (broad SMARTS) is 1. The smallest absolute Gasteiger partial charge is 0.409 e. The zero-order valence-electron chi connectivity index (χ0n) is 10.7. The van der Waals surface area contributed by atoms with Crippen LogP contribution in [0.2, 0.25) is 0 Å². The minimum Gasteiger partial charge on any atom is -0.481 e. The highest BCUT2D eigenvalue weighted by molar-refractivity contribution is 5.78. The quantitative estimate of drug-likeness (QED) is 0.798. The molecule has 0 bridgehead atoms. The Morgan fingerprint density at radius 3 is 2.28 bits per heavy atom. The minimum atomic E-state index is -0.685. The summed E-state index contributed by atoms with van der Waals surface area (Å²) in [5.41, 5.74) is -0.508. The van der Waals surface area contributed by atoms with Gasteiger partial charge in [0, 0.05) is 32.7 Å². The van der Waals surface area contributed by atoms with Crippen molar-refractivity contribution in [1.29, 1.82) is 0 Å². The van der Waals surface area contributed by atoms with Crippen LogP contribution < -0.4 is 0 Å². The SMILES string of the molecule is CCOC(=O)N1CCN(CC2(C(=O)O)CC2)CC1. The maximum Gasteiger partial charge on any atom is 0.409 e. The highest BCUT2D eigenvalue weighted by Crippen LogP contribution is 2.46. The molecule has 0 aromatic rings. The third-order valence-corrected chi connectivity index (χ3v) is 3.73. The van der Waals surface area contributed by atoms with Gasteiger partial charge in [-0.1, -0.05) is 0 Å². The number of carboxylic acids is 1. The molecule has 2 rings (SSSR count). The summed E-state index contributed by atoms with van der Waals surface area (Å²) in [6.45, 7) is 5.49. The Morgan fingerprint density at radius 2 is 1.83 bits per heavy atom. The zero-order valence-corrected chi connectivity index (χ0v) is 10.7. The predicted octanol–water partition coefficient (Wildman–Crippen LogP) is 0.625. The first-order valence-corrected chi connectivity index (χ1v) is 6.45. The van der Waals surface area contributed by atoms with Crippen LogP contribution in [0, 0.1) is 5.41 Å². The number of hydrogen-bond acceptors (Lipinski definition) is 4. The second kappa shape index (κ2) is 5.14. The molecular formula is C12H20N2O4. The highest BCUT2D eigenvalue weighted by atomic mass is 16.6. The number of ether oxygens (including phenoxy) is 1. The second-order valence-corrected chi connectivity index (χ2v) is 5.05. The van der Waals surface area contributed by atoms with Crippen molar-refractivity contribution in [3.05, 3.63) is 0 Å². The number of nitrogens with zero attached hydrogens (tertiary/aromatic N) is 2. The van der Waals surface area contributed by atoms with Gasteiger partial charge in [0.25, 0.3) is 0 Å². The highest BCUT2D eigenvalue weighted by Gasteiger charge is 2.51. The lowest BCUT2D eigenvalue weighted by atomic mass is 10.1. The molecule has 6 heteroatoms. The van der Waals surface area contributed by atoms with Crippen molar-refractivity contribution in [1.82, 2.24) is 9.80 Å². The van der Waals surface area contributed by atoms with Crippen LogP contribution in [0.5, 0.6) is 0 Å². The third kappa shape index (κ3) is 2.75. The molecule has 18 heavy (non-hydrogen) atoms. The Bertz CT molecular complexity index is 333. The van der Waals surface area contributed by atoms with E-state index in [0.29, 0.717) is 26.2 Å². The van der Waals surface area contributed by atoms with E-state index >= 15 is 0 Å². The molecule has 1 saturated carbocycles. The summed E-state index contributed by atoms with van der Waals surface area (Å²) in [6.07, 6.45) is 1.29. The molecular weight excluding hydrogens is 236 g/mol. The van der Waals surface area contributed by atoms with Gasteiger partial charge in [-0.05, 0) is 19.8 Å². The first-order valence-electron chi connectivity index (χ1n) is 6.45. The second-order valence-electron chi connectivity index (χ2n) is 5.05. The number of carbonyl (C=O) groups is 2. The van der Waals surface area contributed by atoms with E-state index in [1.165, 1.54) is 0 Å². The Balaban J connectivity index is 1.77. The van der Waals surface area contributed by atoms with E-state index in [1.807, 2.05) is 0 Å². The topological polar surface area (TPSA) is 70.1 Å². The normalized spacial score (nSPS) is 22.6. The van der Waals surface area contributed by atoms with Crippen molar-refractivity contribution in [2.24, 2.45) is 5.41 Å². The number of aliphatic carboxylic acids is 1. The van der Waals surface area contributed by atoms with Gasteiger partial charge in [-0.3, -0.25) is 9.69 Å². The number of rotatable bonds is 4. The van der Waals surface area contributed by atoms with E-state index in [1.54, 1.807) is 11.8 Å². The van der Waals surface area contributed by atoms with Crippen LogP contribution in [0.4, 0.5) is 4.79 Å². The molecule has 6 nitrogen and oxygen atoms in total. The minimum absolute atomic E-state index is 0.267. The summed E-state index contributed by atoms with van der Waals surface area (Å²) in [6, 6.07) is 0. The van der Waals surface area contributed by atoms with Gasteiger partial charge in [0.15, 0.2) is 0 Å². The first kappa shape index (κ1) is 13.1. The van der Waals surface area contributed by atoms with Gasteiger partial charge in [0.05, 0.1) is 12.0 Å². The molecule has 1 N–H and O–H groups in total. The van der Waals surface area contributed by atoms with E-state index < -0.39 is 11.4 Å². The fraction of sp³-hybridized carbons (Fsp3) is 0.833. The van der Waals surface area contributed by atoms with Gasteiger partial charge in [-0.25, -0.2) is 4.79 Å². The number of hydrogen-bond donors (Lipinski definition) is 1. The van der Waals surface area contributed by atoms with Crippen molar-refractivity contribution in [3.63, 3.8) is 0 Å². The van der Waals surface area contributed by atoms with Gasteiger partial charge in [0.1, 0.15) is 0 Å². The lowest BCUT2D eigenvalue weighted by molar-refractivity contribution is -0.144. The van der Waals surface area contributed by atoms with Crippen molar-refractivity contribution in [2.45, 2.75) is 19.8 Å². The number of carbonyl (C=O) groups excluding carboxylic acids is 1. The first-order chi connectivity index (χ1) is 8.57. The number of amides is 1. The van der Waals surface area contributed by atoms with Gasteiger partial charge in [0.2, 0.25) is 0 Å². The summed E-state index contributed by atoms with van der Waals surface area (Å²) in [5.74, 6) is -0.685. The molecule has 0 atom stereocenters. The van der Waals surface area contributed by atoms with Gasteiger partial charge in [-0.2, -0.15) is 0 Å². The molecule has 2 fully saturated rings. The molecule has 0 unspecified atom stereocenters. The summed E-state index contributed by atoms with van der Waals surface area (Å²) in [4.78, 5) is 26.4. The molecule has 0 radical (unpaired) electrons. The van der Waals surface area contributed by atoms with Crippen molar-refractivity contribution in [3.8, 4) is 0 Å². The van der Waals surface area contributed by atoms with Gasteiger partial charge >= 0.3 is 12.1 Å². The number of piperazine rings is 1. The predicted molar refractivity (Wildman–Crippen MR) is 64.3 cm³/mol. The van der Waals surface area contributed by atoms with Crippen LogP contribution in [-0.2, 0) is 9.53 Å². The Hall–Kier alpha value is -1.30. The Kier molecular flexibility index (Phi) is 3.75. The molecule has 1 aliphatic carbocycles. The van der Waals surface area contributed by atoms with Crippen molar-refractivity contribution >= 4 is 12.1 Å². The summed E-state index contributed by atoms with van der Waals surface area (Å²) in [5, 5.41) is 9.13. The summed E-state index contributed by atoms with van der Waals surface area (Å²) < 4.78 is 4.94. The molecule has 1 heterocycles. The molecule has 1 saturated heterocycles. The van der Waals surface area contributed by atoms with E-state index in [2.05, 4.69) is 4.90 Å². The average Bonchev–Trinajstić information content (AvgIpc) is 3.11. The van der Waals surface area contributed by atoms with Crippen LogP contribution in [0.15, 0.2) is 0 Å². The van der Waals surface area contributed by atoms with Crippen LogP contribution in [0.25, 0.3) is 0 Å². The molecule has 0 aromatic heterocycles. The maximum atomic E-state index is 11.5. The van der Waals surface area contributed by atoms with E-state index in [-0.39, 0.29) is 6.09 Å². The summed E-state index contributed by atoms with van der Waals surface area (Å²) in [7, 11) is 0. The third-order valence-electron chi connectivity index (χ3n) is 3.73. The Labute approximate surface area is 106 Å². The fourth-order valence-electron chi connectivity index (χ4n) is 2.32. The zero-order chi connectivity index (χ0) is 13.2.